The number of nitrogen functional groups attached to an aromatic ring is 1. The van der Waals surface area contributed by atoms with Crippen LogP contribution in [0.15, 0.2) is 36.4 Å². The second-order valence-corrected chi connectivity index (χ2v) is 4.45. The van der Waals surface area contributed by atoms with E-state index < -0.39 is 0 Å². The van der Waals surface area contributed by atoms with E-state index in [9.17, 15) is 0 Å². The molecular formula is C15H17BrN4. The maximum atomic E-state index is 8.59. The minimum Gasteiger partial charge on any atom is -1.00 e. The number of hydrogen-bond acceptors (Lipinski definition) is 3. The van der Waals surface area contributed by atoms with Crippen LogP contribution in [0.1, 0.15) is 18.4 Å². The van der Waals surface area contributed by atoms with Crippen molar-refractivity contribution in [2.24, 2.45) is 0 Å². The van der Waals surface area contributed by atoms with E-state index in [0.29, 0.717) is 18.8 Å². The van der Waals surface area contributed by atoms with Gasteiger partial charge in [0.1, 0.15) is 12.2 Å². The molecule has 2 N–H and O–H groups in total. The van der Waals surface area contributed by atoms with Gasteiger partial charge >= 0.3 is 0 Å². The highest BCUT2D eigenvalue weighted by molar-refractivity contribution is 5.59. The zero-order valence-corrected chi connectivity index (χ0v) is 13.0. The summed E-state index contributed by atoms with van der Waals surface area (Å²) in [5.74, 6) is 0.664. The summed E-state index contributed by atoms with van der Waals surface area (Å²) in [7, 11) is 0. The maximum Gasteiger partial charge on any atom is 0.295 e. The lowest BCUT2D eigenvalue weighted by molar-refractivity contribution is -0.740. The lowest BCUT2D eigenvalue weighted by Crippen LogP contribution is -3.00. The summed E-state index contributed by atoms with van der Waals surface area (Å²) < 4.78 is 1.79. The molecule has 0 radical (unpaired) electrons. The van der Waals surface area contributed by atoms with E-state index in [2.05, 4.69) is 11.2 Å². The van der Waals surface area contributed by atoms with Gasteiger partial charge in [-0.25, -0.2) is 0 Å². The Balaban J connectivity index is 0.00000200. The van der Waals surface area contributed by atoms with Crippen molar-refractivity contribution in [2.45, 2.75) is 26.3 Å². The van der Waals surface area contributed by atoms with Crippen molar-refractivity contribution in [3.8, 4) is 17.3 Å². The molecule has 0 fully saturated rings. The zero-order valence-electron chi connectivity index (χ0n) is 11.4. The second kappa shape index (κ2) is 7.61. The predicted octanol–water partition coefficient (Wildman–Crippen LogP) is -0.765. The Labute approximate surface area is 129 Å². The molecule has 5 heteroatoms. The van der Waals surface area contributed by atoms with Gasteiger partial charge in [0, 0.05) is 24.0 Å². The summed E-state index contributed by atoms with van der Waals surface area (Å²) in [5.41, 5.74) is 9.01. The van der Waals surface area contributed by atoms with Crippen LogP contribution in [0.5, 0.6) is 0 Å². The number of benzene rings is 1. The summed E-state index contributed by atoms with van der Waals surface area (Å²) >= 11 is 0. The monoisotopic (exact) mass is 332 g/mol. The average molecular weight is 333 g/mol. The fourth-order valence-corrected chi connectivity index (χ4v) is 1.92. The molecule has 0 saturated carbocycles. The van der Waals surface area contributed by atoms with Crippen LogP contribution in [-0.4, -0.2) is 5.10 Å². The second-order valence-electron chi connectivity index (χ2n) is 4.45. The van der Waals surface area contributed by atoms with Gasteiger partial charge in [0.25, 0.3) is 5.82 Å². The molecule has 0 bridgehead atoms. The quantitative estimate of drug-likeness (QED) is 0.591. The fraction of sp³-hybridized carbons (Fsp3) is 0.267. The number of nitriles is 1. The molecule has 0 saturated heterocycles. The van der Waals surface area contributed by atoms with Gasteiger partial charge in [-0.15, -0.1) is 4.68 Å². The number of aromatic nitrogens is 2. The van der Waals surface area contributed by atoms with E-state index in [-0.39, 0.29) is 17.0 Å². The van der Waals surface area contributed by atoms with Crippen LogP contribution >= 0.6 is 0 Å². The number of aryl methyl sites for hydroxylation is 2. The Hall–Kier alpha value is -1.93. The predicted molar refractivity (Wildman–Crippen MR) is 73.9 cm³/mol. The van der Waals surface area contributed by atoms with Crippen LogP contribution < -0.4 is 27.4 Å². The van der Waals surface area contributed by atoms with Crippen LogP contribution in [-0.2, 0) is 6.54 Å². The normalized spacial score (nSPS) is 9.60. The highest BCUT2D eigenvalue weighted by Crippen LogP contribution is 2.17. The van der Waals surface area contributed by atoms with Crippen molar-refractivity contribution < 1.29 is 21.7 Å². The third kappa shape index (κ3) is 3.78. The first kappa shape index (κ1) is 16.1. The van der Waals surface area contributed by atoms with Crippen molar-refractivity contribution >= 4 is 5.82 Å². The largest absolute Gasteiger partial charge is 1.00 e. The number of nitrogens with two attached hydrogens (primary N) is 1. The van der Waals surface area contributed by atoms with Crippen molar-refractivity contribution in [2.75, 3.05) is 5.73 Å². The highest BCUT2D eigenvalue weighted by Gasteiger charge is 2.13. The highest BCUT2D eigenvalue weighted by atomic mass is 79.9. The molecule has 2 aromatic rings. The molecule has 104 valence electrons. The van der Waals surface area contributed by atoms with Crippen LogP contribution in [0.25, 0.3) is 11.3 Å². The maximum absolute atomic E-state index is 8.59. The van der Waals surface area contributed by atoms with Gasteiger partial charge in [0.2, 0.25) is 0 Å². The molecule has 1 heterocycles. The number of halogens is 1. The fourth-order valence-electron chi connectivity index (χ4n) is 1.92. The number of anilines is 1. The van der Waals surface area contributed by atoms with Gasteiger partial charge in [-0.1, -0.05) is 35.4 Å². The lowest BCUT2D eigenvalue weighted by Gasteiger charge is -2.06. The van der Waals surface area contributed by atoms with E-state index in [1.165, 1.54) is 0 Å². The molecule has 0 atom stereocenters. The molecule has 0 unspecified atom stereocenters. The van der Waals surface area contributed by atoms with Crippen LogP contribution in [0.4, 0.5) is 5.82 Å². The molecule has 2 rings (SSSR count). The van der Waals surface area contributed by atoms with Crippen LogP contribution in [0.2, 0.25) is 0 Å². The van der Waals surface area contributed by atoms with E-state index in [1.54, 1.807) is 4.68 Å². The van der Waals surface area contributed by atoms with E-state index in [4.69, 9.17) is 11.0 Å². The Morgan fingerprint density at radius 1 is 1.30 bits per heavy atom. The summed E-state index contributed by atoms with van der Waals surface area (Å²) in [4.78, 5) is 0. The molecular weight excluding hydrogens is 316 g/mol. The third-order valence-electron chi connectivity index (χ3n) is 2.99. The smallest absolute Gasteiger partial charge is 0.295 e. The minimum absolute atomic E-state index is 0. The van der Waals surface area contributed by atoms with Crippen LogP contribution in [0.3, 0.4) is 0 Å². The Bertz CT molecular complexity index is 605. The first-order valence-electron chi connectivity index (χ1n) is 6.32. The molecule has 1 aromatic heterocycles. The van der Waals surface area contributed by atoms with Gasteiger partial charge in [-0.3, -0.25) is 5.73 Å². The van der Waals surface area contributed by atoms with Crippen LogP contribution in [0, 0.1) is 18.3 Å². The van der Waals surface area contributed by atoms with Gasteiger partial charge in [0.05, 0.1) is 6.07 Å². The number of rotatable bonds is 4. The number of unbranched alkanes of at least 4 members (excludes halogenated alkanes) is 1. The molecule has 0 aliphatic heterocycles. The Morgan fingerprint density at radius 3 is 2.65 bits per heavy atom. The molecule has 1 aromatic carbocycles. The molecule has 0 aliphatic carbocycles. The standard InChI is InChI=1S/C15H16N4.BrH/c1-12-11-14(13-7-3-2-4-8-13)18-19(15(12)17)10-6-5-9-16;/h2-4,7-8,11,17H,5-6,10H2,1H3;1H. The van der Waals surface area contributed by atoms with Crippen molar-refractivity contribution in [1.29, 1.82) is 5.26 Å². The lowest BCUT2D eigenvalue weighted by atomic mass is 10.1. The molecule has 0 amide bonds. The third-order valence-corrected chi connectivity index (χ3v) is 2.99. The SMILES string of the molecule is Cc1cc(-c2ccccc2)n[n+](CCCC#N)c1N.[Br-]. The summed E-state index contributed by atoms with van der Waals surface area (Å²) in [6.45, 7) is 2.64. The first-order valence-corrected chi connectivity index (χ1v) is 6.32. The number of hydrogen-bond donors (Lipinski definition) is 1. The summed E-state index contributed by atoms with van der Waals surface area (Å²) in [6, 6.07) is 14.1. The number of nitrogens with zero attached hydrogens (tertiary/aromatic N) is 3. The van der Waals surface area contributed by atoms with E-state index in [0.717, 1.165) is 23.2 Å². The van der Waals surface area contributed by atoms with Crippen molar-refractivity contribution in [1.82, 2.24) is 5.10 Å². The van der Waals surface area contributed by atoms with Gasteiger partial charge in [0.15, 0.2) is 0 Å². The van der Waals surface area contributed by atoms with Gasteiger partial charge in [-0.05, 0) is 13.0 Å². The van der Waals surface area contributed by atoms with Crippen molar-refractivity contribution in [3.05, 3.63) is 42.0 Å². The topological polar surface area (TPSA) is 66.6 Å². The Morgan fingerprint density at radius 2 is 2.00 bits per heavy atom. The van der Waals surface area contributed by atoms with E-state index >= 15 is 0 Å². The molecule has 20 heavy (non-hydrogen) atoms. The molecule has 0 spiro atoms. The van der Waals surface area contributed by atoms with Gasteiger partial charge < -0.3 is 17.0 Å². The zero-order chi connectivity index (χ0) is 13.7. The molecule has 4 nitrogen and oxygen atoms in total. The van der Waals surface area contributed by atoms with E-state index in [1.807, 2.05) is 43.3 Å². The first-order chi connectivity index (χ1) is 9.22. The Kier molecular flexibility index (Phi) is 6.13. The summed E-state index contributed by atoms with van der Waals surface area (Å²) in [6.07, 6.45) is 1.28. The molecule has 0 aliphatic rings. The minimum atomic E-state index is 0. The van der Waals surface area contributed by atoms with Crippen molar-refractivity contribution in [3.63, 3.8) is 0 Å². The van der Waals surface area contributed by atoms with Gasteiger partial charge in [-0.2, -0.15) is 5.26 Å². The average Bonchev–Trinajstić information content (AvgIpc) is 2.44. The summed E-state index contributed by atoms with van der Waals surface area (Å²) in [5, 5.41) is 13.1.